The van der Waals surface area contributed by atoms with Crippen molar-refractivity contribution in [2.45, 2.75) is 26.1 Å². The van der Waals surface area contributed by atoms with Crippen LogP contribution in [0.15, 0.2) is 16.8 Å². The first-order chi connectivity index (χ1) is 5.06. The molecule has 0 aliphatic heterocycles. The zero-order chi connectivity index (χ0) is 8.74. The van der Waals surface area contributed by atoms with E-state index in [0.29, 0.717) is 0 Å². The van der Waals surface area contributed by atoms with Crippen molar-refractivity contribution < 1.29 is 4.43 Å². The molecule has 0 bridgehead atoms. The molecule has 0 aromatic heterocycles. The van der Waals surface area contributed by atoms with Crippen molar-refractivity contribution in [3.8, 4) is 0 Å². The van der Waals surface area contributed by atoms with Gasteiger partial charge in [-0.2, -0.15) is 0 Å². The summed E-state index contributed by atoms with van der Waals surface area (Å²) in [4.78, 5) is 1.72. The summed E-state index contributed by atoms with van der Waals surface area (Å²) in [5.74, 6) is 0. The first kappa shape index (κ1) is 11.2. The first-order valence-corrected chi connectivity index (χ1v) is 8.02. The van der Waals surface area contributed by atoms with Gasteiger partial charge in [0.2, 0.25) is 0 Å². The van der Waals surface area contributed by atoms with E-state index < -0.39 is 8.32 Å². The molecular formula is C8H15BrOSi. The molecule has 3 heteroatoms. The van der Waals surface area contributed by atoms with Crippen LogP contribution >= 0.6 is 15.9 Å². The Bertz CT molecular complexity index is 154. The van der Waals surface area contributed by atoms with Gasteiger partial charge in [0.1, 0.15) is 0 Å². The van der Waals surface area contributed by atoms with Crippen molar-refractivity contribution >= 4 is 24.2 Å². The van der Waals surface area contributed by atoms with Gasteiger partial charge in [-0.25, -0.2) is 0 Å². The van der Waals surface area contributed by atoms with E-state index >= 15 is 0 Å². The maximum absolute atomic E-state index is 5.61. The third-order valence-electron chi connectivity index (χ3n) is 0.978. The van der Waals surface area contributed by atoms with Gasteiger partial charge in [-0.05, 0) is 32.1 Å². The van der Waals surface area contributed by atoms with Crippen LogP contribution in [0.3, 0.4) is 0 Å². The van der Waals surface area contributed by atoms with Crippen LogP contribution in [0.1, 0.15) is 6.42 Å². The Kier molecular flexibility index (Phi) is 5.87. The predicted molar refractivity (Wildman–Crippen MR) is 55.5 cm³/mol. The molecular weight excluding hydrogens is 220 g/mol. The van der Waals surface area contributed by atoms with E-state index in [4.69, 9.17) is 4.43 Å². The van der Waals surface area contributed by atoms with Gasteiger partial charge < -0.3 is 4.43 Å². The zero-order valence-corrected chi connectivity index (χ0v) is 9.94. The van der Waals surface area contributed by atoms with E-state index in [1.165, 1.54) is 0 Å². The van der Waals surface area contributed by atoms with Gasteiger partial charge in [0.05, 0.1) is 0 Å². The van der Waals surface area contributed by atoms with Gasteiger partial charge in [-0.3, -0.25) is 0 Å². The standard InChI is InChI=1S/C8H15BrOSi/c1-11(2,3)10-8-6-4-5-7-9/h4,7H,6,8H2,1-3H3. The van der Waals surface area contributed by atoms with E-state index in [9.17, 15) is 0 Å². The summed E-state index contributed by atoms with van der Waals surface area (Å²) in [5.41, 5.74) is 2.94. The second kappa shape index (κ2) is 5.78. The molecule has 0 saturated carbocycles. The van der Waals surface area contributed by atoms with Crippen LogP contribution < -0.4 is 0 Å². The summed E-state index contributed by atoms with van der Waals surface area (Å²) < 4.78 is 5.61. The number of hydrogen-bond acceptors (Lipinski definition) is 1. The smallest absolute Gasteiger partial charge is 0.183 e. The van der Waals surface area contributed by atoms with Crippen LogP contribution in [-0.2, 0) is 4.43 Å². The molecule has 0 saturated heterocycles. The number of hydrogen-bond donors (Lipinski definition) is 0. The van der Waals surface area contributed by atoms with E-state index in [0.717, 1.165) is 13.0 Å². The van der Waals surface area contributed by atoms with Crippen molar-refractivity contribution in [3.05, 3.63) is 16.8 Å². The molecule has 0 rings (SSSR count). The van der Waals surface area contributed by atoms with Crippen LogP contribution in [0.5, 0.6) is 0 Å². The van der Waals surface area contributed by atoms with Gasteiger partial charge in [0.15, 0.2) is 8.32 Å². The highest BCUT2D eigenvalue weighted by Gasteiger charge is 2.12. The van der Waals surface area contributed by atoms with Crippen molar-refractivity contribution in [1.82, 2.24) is 0 Å². The fourth-order valence-electron chi connectivity index (χ4n) is 0.552. The highest BCUT2D eigenvalue weighted by Crippen LogP contribution is 2.02. The lowest BCUT2D eigenvalue weighted by molar-refractivity contribution is 0.319. The molecule has 0 aromatic carbocycles. The van der Waals surface area contributed by atoms with Crippen LogP contribution in [0.25, 0.3) is 0 Å². The van der Waals surface area contributed by atoms with Crippen molar-refractivity contribution in [2.24, 2.45) is 0 Å². The molecule has 0 radical (unpaired) electrons. The summed E-state index contributed by atoms with van der Waals surface area (Å²) in [6, 6.07) is 0. The summed E-state index contributed by atoms with van der Waals surface area (Å²) in [6.07, 6.45) is 2.92. The van der Waals surface area contributed by atoms with Gasteiger partial charge in [-0.15, -0.1) is 5.73 Å². The van der Waals surface area contributed by atoms with Crippen molar-refractivity contribution in [3.63, 3.8) is 0 Å². The minimum absolute atomic E-state index is 0.823. The Balaban J connectivity index is 3.36. The summed E-state index contributed by atoms with van der Waals surface area (Å²) >= 11 is 3.14. The quantitative estimate of drug-likeness (QED) is 0.412. The third kappa shape index (κ3) is 10.2. The second-order valence-electron chi connectivity index (χ2n) is 3.23. The van der Waals surface area contributed by atoms with Crippen LogP contribution in [0, 0.1) is 0 Å². The monoisotopic (exact) mass is 234 g/mol. The van der Waals surface area contributed by atoms with Crippen LogP contribution in [-0.4, -0.2) is 14.9 Å². The second-order valence-corrected chi connectivity index (χ2v) is 8.20. The summed E-state index contributed by atoms with van der Waals surface area (Å²) in [7, 11) is -1.29. The Morgan fingerprint density at radius 3 is 2.55 bits per heavy atom. The predicted octanol–water partition coefficient (Wildman–Crippen LogP) is 3.29. The molecule has 11 heavy (non-hydrogen) atoms. The van der Waals surface area contributed by atoms with Crippen molar-refractivity contribution in [2.75, 3.05) is 6.61 Å². The lowest BCUT2D eigenvalue weighted by Crippen LogP contribution is -2.25. The normalized spacial score (nSPS) is 10.5. The molecule has 0 heterocycles. The number of rotatable bonds is 4. The van der Waals surface area contributed by atoms with Gasteiger partial charge in [-0.1, -0.05) is 15.9 Å². The Morgan fingerprint density at radius 1 is 1.45 bits per heavy atom. The van der Waals surface area contributed by atoms with E-state index in [-0.39, 0.29) is 0 Å². The maximum Gasteiger partial charge on any atom is 0.183 e. The third-order valence-corrected chi connectivity index (χ3v) is 2.31. The maximum atomic E-state index is 5.61. The number of halogens is 1. The largest absolute Gasteiger partial charge is 0.417 e. The first-order valence-electron chi connectivity index (χ1n) is 3.70. The lowest BCUT2D eigenvalue weighted by atomic mass is 10.4. The van der Waals surface area contributed by atoms with Crippen LogP contribution in [0.4, 0.5) is 0 Å². The zero-order valence-electron chi connectivity index (χ0n) is 7.36. The lowest BCUT2D eigenvalue weighted by Gasteiger charge is -2.15. The van der Waals surface area contributed by atoms with Gasteiger partial charge in [0, 0.05) is 11.6 Å². The molecule has 0 aliphatic carbocycles. The van der Waals surface area contributed by atoms with Gasteiger partial charge >= 0.3 is 0 Å². The molecule has 0 atom stereocenters. The fraction of sp³-hybridized carbons (Fsp3) is 0.625. The van der Waals surface area contributed by atoms with E-state index in [2.05, 4.69) is 41.3 Å². The van der Waals surface area contributed by atoms with E-state index in [1.54, 1.807) is 4.99 Å². The highest BCUT2D eigenvalue weighted by atomic mass is 79.9. The molecule has 64 valence electrons. The average Bonchev–Trinajstić information content (AvgIpc) is 1.85. The molecule has 0 amide bonds. The fourth-order valence-corrected chi connectivity index (χ4v) is 1.47. The minimum atomic E-state index is -1.29. The molecule has 0 aliphatic rings. The molecule has 0 N–H and O–H groups in total. The average molecular weight is 235 g/mol. The van der Waals surface area contributed by atoms with Crippen molar-refractivity contribution in [1.29, 1.82) is 0 Å². The molecule has 0 spiro atoms. The SMILES string of the molecule is C[Si](C)(C)OCCC=C=CBr. The Hall–Kier alpha value is 0.177. The molecule has 0 aromatic rings. The molecule has 1 nitrogen and oxygen atoms in total. The Morgan fingerprint density at radius 2 is 2.09 bits per heavy atom. The summed E-state index contributed by atoms with van der Waals surface area (Å²) in [6.45, 7) is 7.40. The van der Waals surface area contributed by atoms with Crippen LogP contribution in [0.2, 0.25) is 19.6 Å². The summed E-state index contributed by atoms with van der Waals surface area (Å²) in [5, 5.41) is 0. The molecule has 0 unspecified atom stereocenters. The van der Waals surface area contributed by atoms with E-state index in [1.807, 2.05) is 6.08 Å². The highest BCUT2D eigenvalue weighted by molar-refractivity contribution is 9.11. The van der Waals surface area contributed by atoms with Gasteiger partial charge in [0.25, 0.3) is 0 Å². The minimum Gasteiger partial charge on any atom is -0.417 e. The Labute approximate surface area is 78.4 Å². The molecule has 0 fully saturated rings. The topological polar surface area (TPSA) is 9.23 Å².